The van der Waals surface area contributed by atoms with Gasteiger partial charge in [-0.25, -0.2) is 9.37 Å². The van der Waals surface area contributed by atoms with E-state index in [1.807, 2.05) is 0 Å². The summed E-state index contributed by atoms with van der Waals surface area (Å²) in [6.07, 6.45) is 1.73. The molecule has 0 unspecified atom stereocenters. The topological polar surface area (TPSA) is 90.4 Å². The summed E-state index contributed by atoms with van der Waals surface area (Å²) >= 11 is 0. The molecule has 0 spiro atoms. The molecule has 1 amide bonds. The van der Waals surface area contributed by atoms with Gasteiger partial charge in [-0.1, -0.05) is 5.92 Å². The van der Waals surface area contributed by atoms with Crippen LogP contribution in [0.15, 0.2) is 12.1 Å². The van der Waals surface area contributed by atoms with Crippen LogP contribution in [0.3, 0.4) is 0 Å². The molecule has 2 bridgehead atoms. The fourth-order valence-electron chi connectivity index (χ4n) is 4.79. The lowest BCUT2D eigenvalue weighted by Crippen LogP contribution is -2.37. The van der Waals surface area contributed by atoms with Gasteiger partial charge in [-0.05, 0) is 42.4 Å². The summed E-state index contributed by atoms with van der Waals surface area (Å²) in [7, 11) is 0. The third kappa shape index (κ3) is 3.44. The van der Waals surface area contributed by atoms with Crippen LogP contribution < -0.4 is 5.73 Å². The van der Waals surface area contributed by atoms with Crippen LogP contribution in [0.25, 0.3) is 11.4 Å². The minimum absolute atomic E-state index is 0.151. The molecule has 1 aliphatic carbocycles. The number of halogens is 1. The molecule has 6 rings (SSSR count). The van der Waals surface area contributed by atoms with E-state index in [4.69, 9.17) is 10.5 Å². The average Bonchev–Trinajstić information content (AvgIpc) is 2.94. The first kappa shape index (κ1) is 19.9. The number of Topliss-reactive ketones (excluding diaryl/α,β-unsaturated/α-hetero) is 1. The summed E-state index contributed by atoms with van der Waals surface area (Å²) in [4.78, 5) is 30.4. The number of rotatable bonds is 3. The molecular weight excluding hydrogens is 399 g/mol. The smallest absolute Gasteiger partial charge is 0.269 e. The first-order valence-corrected chi connectivity index (χ1v) is 10.5. The van der Waals surface area contributed by atoms with Crippen molar-refractivity contribution in [2.45, 2.75) is 38.3 Å². The number of hydrogen-bond acceptors (Lipinski definition) is 5. The number of benzene rings is 1. The van der Waals surface area contributed by atoms with Crippen LogP contribution in [-0.4, -0.2) is 52.4 Å². The largest absolute Gasteiger partial charge is 0.379 e. The van der Waals surface area contributed by atoms with Crippen molar-refractivity contribution in [1.29, 1.82) is 0 Å². The molecule has 3 aliphatic heterocycles. The Kier molecular flexibility index (Phi) is 4.88. The predicted molar refractivity (Wildman–Crippen MR) is 111 cm³/mol. The van der Waals surface area contributed by atoms with Gasteiger partial charge in [0.15, 0.2) is 5.69 Å². The fourth-order valence-corrected chi connectivity index (χ4v) is 4.79. The van der Waals surface area contributed by atoms with E-state index in [9.17, 15) is 14.0 Å². The molecule has 8 heteroatoms. The molecule has 7 nitrogen and oxygen atoms in total. The maximum absolute atomic E-state index is 14.7. The molecule has 1 aromatic heterocycles. The van der Waals surface area contributed by atoms with E-state index in [0.29, 0.717) is 25.6 Å². The predicted octanol–water partition coefficient (Wildman–Crippen LogP) is 1.99. The van der Waals surface area contributed by atoms with Crippen LogP contribution >= 0.6 is 0 Å². The SMILES string of the molecule is CC(=O)C#Cc1cc2c(cc1F)C1CC(C1)n1c-2nc(C(N)=O)c1CN1CCOCC1. The van der Waals surface area contributed by atoms with Gasteiger partial charge in [0.05, 0.1) is 24.5 Å². The summed E-state index contributed by atoms with van der Waals surface area (Å²) in [5, 5.41) is 0. The van der Waals surface area contributed by atoms with Crippen LogP contribution in [-0.2, 0) is 16.1 Å². The molecular formula is C23H23FN4O3. The van der Waals surface area contributed by atoms with Crippen molar-refractivity contribution in [3.63, 3.8) is 0 Å². The van der Waals surface area contributed by atoms with Crippen LogP contribution in [0.2, 0.25) is 0 Å². The third-order valence-corrected chi connectivity index (χ3v) is 6.39. The van der Waals surface area contributed by atoms with Crippen LogP contribution in [0.1, 0.15) is 59.0 Å². The Labute approximate surface area is 179 Å². The number of nitrogens with zero attached hydrogens (tertiary/aromatic N) is 3. The number of nitrogens with two attached hydrogens (primary N) is 1. The van der Waals surface area contributed by atoms with Gasteiger partial charge in [0.1, 0.15) is 11.6 Å². The zero-order valence-electron chi connectivity index (χ0n) is 17.3. The number of primary amides is 1. The highest BCUT2D eigenvalue weighted by Crippen LogP contribution is 2.53. The molecule has 4 aliphatic rings. The Morgan fingerprint density at radius 3 is 2.71 bits per heavy atom. The molecule has 1 saturated carbocycles. The highest BCUT2D eigenvalue weighted by Gasteiger charge is 2.41. The van der Waals surface area contributed by atoms with Crippen molar-refractivity contribution in [1.82, 2.24) is 14.5 Å². The molecule has 2 aromatic rings. The van der Waals surface area contributed by atoms with Crippen LogP contribution in [0.5, 0.6) is 0 Å². The molecule has 2 fully saturated rings. The molecule has 0 radical (unpaired) electrons. The third-order valence-electron chi connectivity index (χ3n) is 6.39. The van der Waals surface area contributed by atoms with Gasteiger partial charge in [-0.2, -0.15) is 0 Å². The molecule has 4 heterocycles. The Balaban J connectivity index is 1.66. The van der Waals surface area contributed by atoms with Crippen molar-refractivity contribution in [2.75, 3.05) is 26.3 Å². The van der Waals surface area contributed by atoms with Gasteiger partial charge in [0.25, 0.3) is 5.91 Å². The van der Waals surface area contributed by atoms with E-state index in [2.05, 4.69) is 26.3 Å². The number of morpholine rings is 1. The fraction of sp³-hybridized carbons (Fsp3) is 0.435. The molecule has 0 atom stereocenters. The Morgan fingerprint density at radius 2 is 2.03 bits per heavy atom. The Bertz CT molecular complexity index is 1150. The summed E-state index contributed by atoms with van der Waals surface area (Å²) in [5.74, 6) is 4.55. The molecule has 1 aromatic carbocycles. The second-order valence-corrected chi connectivity index (χ2v) is 8.40. The van der Waals surface area contributed by atoms with Gasteiger partial charge in [-0.15, -0.1) is 0 Å². The van der Waals surface area contributed by atoms with Crippen molar-refractivity contribution in [2.24, 2.45) is 5.73 Å². The summed E-state index contributed by atoms with van der Waals surface area (Å²) in [6.45, 7) is 4.75. The monoisotopic (exact) mass is 422 g/mol. The highest BCUT2D eigenvalue weighted by molar-refractivity contribution is 5.94. The number of carbonyl (C=O) groups excluding carboxylic acids is 2. The molecule has 1 saturated heterocycles. The van der Waals surface area contributed by atoms with Crippen LogP contribution in [0.4, 0.5) is 4.39 Å². The zero-order valence-corrected chi connectivity index (χ0v) is 17.3. The highest BCUT2D eigenvalue weighted by atomic mass is 19.1. The Morgan fingerprint density at radius 1 is 1.29 bits per heavy atom. The summed E-state index contributed by atoms with van der Waals surface area (Å²) in [6, 6.07) is 3.36. The van der Waals surface area contributed by atoms with Crippen molar-refractivity contribution in [3.8, 4) is 23.2 Å². The van der Waals surface area contributed by atoms with Crippen LogP contribution in [0, 0.1) is 17.7 Å². The van der Waals surface area contributed by atoms with Gasteiger partial charge in [0.2, 0.25) is 5.78 Å². The van der Waals surface area contributed by atoms with E-state index >= 15 is 0 Å². The minimum atomic E-state index is -0.569. The lowest BCUT2D eigenvalue weighted by atomic mass is 9.75. The van der Waals surface area contributed by atoms with Crippen molar-refractivity contribution < 1.29 is 18.7 Å². The Hall–Kier alpha value is -3.02. The number of hydrogen-bond donors (Lipinski definition) is 1. The lowest BCUT2D eigenvalue weighted by Gasteiger charge is -2.36. The number of ether oxygens (including phenoxy) is 1. The number of amides is 1. The normalized spacial score (nSPS) is 21.7. The first-order valence-electron chi connectivity index (χ1n) is 10.5. The molecule has 31 heavy (non-hydrogen) atoms. The van der Waals surface area contributed by atoms with E-state index in [-0.39, 0.29) is 29.0 Å². The van der Waals surface area contributed by atoms with E-state index < -0.39 is 11.7 Å². The van der Waals surface area contributed by atoms with E-state index in [1.54, 1.807) is 6.07 Å². The van der Waals surface area contributed by atoms with Gasteiger partial charge < -0.3 is 15.0 Å². The average molecular weight is 422 g/mol. The molecule has 160 valence electrons. The summed E-state index contributed by atoms with van der Waals surface area (Å²) < 4.78 is 22.3. The quantitative estimate of drug-likeness (QED) is 0.764. The van der Waals surface area contributed by atoms with Gasteiger partial charge in [-0.3, -0.25) is 14.5 Å². The number of aromatic nitrogens is 2. The second-order valence-electron chi connectivity index (χ2n) is 8.40. The van der Waals surface area contributed by atoms with E-state index in [1.165, 1.54) is 13.0 Å². The second kappa shape index (κ2) is 7.59. The van der Waals surface area contributed by atoms with Gasteiger partial charge in [0, 0.05) is 38.2 Å². The van der Waals surface area contributed by atoms with Crippen molar-refractivity contribution >= 4 is 11.7 Å². The number of ketones is 1. The molecule has 2 N–H and O–H groups in total. The number of carbonyl (C=O) groups is 2. The van der Waals surface area contributed by atoms with E-state index in [0.717, 1.165) is 42.8 Å². The zero-order chi connectivity index (χ0) is 21.7. The minimum Gasteiger partial charge on any atom is -0.379 e. The lowest BCUT2D eigenvalue weighted by molar-refractivity contribution is -0.111. The first-order chi connectivity index (χ1) is 14.9. The maximum atomic E-state index is 14.7. The number of imidazole rings is 1. The standard InChI is InChI=1S/C23H23FN4O3/c1-13(29)2-3-14-10-18-17(11-19(14)24)15-8-16(9-15)28-20(12-27-4-6-31-7-5-27)21(22(25)30)26-23(18)28/h10-11,15-16H,4-9,12H2,1H3,(H2,25,30). The maximum Gasteiger partial charge on any atom is 0.269 e. The summed E-state index contributed by atoms with van der Waals surface area (Å²) in [5.41, 5.74) is 8.56. The van der Waals surface area contributed by atoms with Crippen molar-refractivity contribution in [3.05, 3.63) is 40.5 Å². The van der Waals surface area contributed by atoms with Gasteiger partial charge >= 0.3 is 0 Å².